The van der Waals surface area contributed by atoms with Crippen LogP contribution in [0.2, 0.25) is 0 Å². The molecule has 0 aliphatic carbocycles. The molecule has 0 aliphatic rings. The molecule has 5 nitrogen and oxygen atoms in total. The highest BCUT2D eigenvalue weighted by Gasteiger charge is 2.26. The molecule has 150 valence electrons. The van der Waals surface area contributed by atoms with Crippen LogP contribution in [-0.4, -0.2) is 29.8 Å². The molecule has 1 aromatic carbocycles. The number of aldehydes is 2. The second-order valence-corrected chi connectivity index (χ2v) is 8.96. The molecule has 0 saturated carbocycles. The third kappa shape index (κ3) is 6.81. The fourth-order valence-corrected chi connectivity index (χ4v) is 2.88. The molecule has 0 heterocycles. The van der Waals surface area contributed by atoms with Gasteiger partial charge in [-0.25, -0.2) is 0 Å². The summed E-state index contributed by atoms with van der Waals surface area (Å²) in [7, 11) is 0. The average Bonchev–Trinajstić information content (AvgIpc) is 2.52. The van der Waals surface area contributed by atoms with Crippen LogP contribution in [-0.2, 0) is 36.4 Å². The third-order valence-electron chi connectivity index (χ3n) is 4.42. The summed E-state index contributed by atoms with van der Waals surface area (Å²) in [5.74, 6) is -0.134. The summed E-state index contributed by atoms with van der Waals surface area (Å²) in [5, 5.41) is 10.7. The molecule has 5 heteroatoms. The molecule has 0 bridgehead atoms. The van der Waals surface area contributed by atoms with Gasteiger partial charge in [0.2, 0.25) is 0 Å². The van der Waals surface area contributed by atoms with Gasteiger partial charge < -0.3 is 19.4 Å². The first-order valence-electron chi connectivity index (χ1n) is 9.33. The predicted octanol–water partition coefficient (Wildman–Crippen LogP) is 4.01. The van der Waals surface area contributed by atoms with Crippen LogP contribution in [0.4, 0.5) is 0 Å². The Kier molecular flexibility index (Phi) is 7.76. The Balaban J connectivity index is 3.01. The number of phenols is 1. The lowest BCUT2D eigenvalue weighted by molar-refractivity contribution is -0.150. The molecule has 0 saturated heterocycles. The van der Waals surface area contributed by atoms with E-state index in [1.807, 2.05) is 53.7 Å². The molecular formula is C22H32O5. The topological polar surface area (TPSA) is 80.7 Å². The highest BCUT2D eigenvalue weighted by atomic mass is 16.5. The summed E-state index contributed by atoms with van der Waals surface area (Å²) < 4.78 is 5.22. The molecule has 0 aliphatic heterocycles. The molecule has 0 atom stereocenters. The van der Waals surface area contributed by atoms with Crippen LogP contribution in [0, 0.1) is 0 Å². The first kappa shape index (κ1) is 22.9. The first-order chi connectivity index (χ1) is 12.4. The van der Waals surface area contributed by atoms with Crippen molar-refractivity contribution < 1.29 is 24.2 Å². The van der Waals surface area contributed by atoms with Gasteiger partial charge in [0, 0.05) is 19.3 Å². The Morgan fingerprint density at radius 1 is 1.00 bits per heavy atom. The summed E-state index contributed by atoms with van der Waals surface area (Å²) in [6.45, 7) is 12.2. The zero-order chi connectivity index (χ0) is 20.8. The molecule has 0 radical (unpaired) electrons. The monoisotopic (exact) mass is 376 g/mol. The minimum atomic E-state index is -0.692. The smallest absolute Gasteiger partial charge is 0.306 e. The van der Waals surface area contributed by atoms with E-state index >= 15 is 0 Å². The standard InChI is InChI=1S/C22H32O5/c1-21(2,3)17-13-15(14-18(20(17)26)22(4,5)6)7-8-19(25)27-16(9-11-23)10-12-24/h11-14,16,26H,7-10H2,1-6H3. The number of carbonyl (C=O) groups excluding carboxylic acids is 3. The van der Waals surface area contributed by atoms with E-state index in [4.69, 9.17) is 4.74 Å². The molecule has 0 aromatic heterocycles. The van der Waals surface area contributed by atoms with Gasteiger partial charge >= 0.3 is 5.97 Å². The Bertz CT molecular complexity index is 632. The lowest BCUT2D eigenvalue weighted by atomic mass is 9.78. The Labute approximate surface area is 162 Å². The normalized spacial score (nSPS) is 12.1. The number of ether oxygens (including phenoxy) is 1. The molecule has 0 spiro atoms. The Hall–Kier alpha value is -2.17. The fourth-order valence-electron chi connectivity index (χ4n) is 2.88. The first-order valence-corrected chi connectivity index (χ1v) is 9.33. The zero-order valence-corrected chi connectivity index (χ0v) is 17.3. The second kappa shape index (κ2) is 9.16. The van der Waals surface area contributed by atoms with E-state index < -0.39 is 12.1 Å². The van der Waals surface area contributed by atoms with Gasteiger partial charge in [-0.15, -0.1) is 0 Å². The minimum absolute atomic E-state index is 0.0199. The van der Waals surface area contributed by atoms with Gasteiger partial charge in [-0.2, -0.15) is 0 Å². The van der Waals surface area contributed by atoms with Gasteiger partial charge in [0.15, 0.2) is 0 Å². The second-order valence-electron chi connectivity index (χ2n) is 8.96. The lowest BCUT2D eigenvalue weighted by Gasteiger charge is -2.28. The van der Waals surface area contributed by atoms with Crippen molar-refractivity contribution in [3.05, 3.63) is 28.8 Å². The van der Waals surface area contributed by atoms with E-state index in [0.717, 1.165) is 16.7 Å². The number of benzene rings is 1. The summed E-state index contributed by atoms with van der Waals surface area (Å²) in [6.07, 6.45) is 1.24. The zero-order valence-electron chi connectivity index (χ0n) is 17.3. The summed E-state index contributed by atoms with van der Waals surface area (Å²) >= 11 is 0. The van der Waals surface area contributed by atoms with Crippen molar-refractivity contribution in [2.24, 2.45) is 0 Å². The maximum absolute atomic E-state index is 12.1. The number of carbonyl (C=O) groups is 3. The van der Waals surface area contributed by atoms with Crippen LogP contribution in [0.1, 0.15) is 77.5 Å². The van der Waals surface area contributed by atoms with Crippen LogP contribution < -0.4 is 0 Å². The SMILES string of the molecule is CC(C)(C)c1cc(CCC(=O)OC(CC=O)CC=O)cc(C(C)(C)C)c1O. The number of rotatable bonds is 8. The summed E-state index contributed by atoms with van der Waals surface area (Å²) in [4.78, 5) is 33.3. The van der Waals surface area contributed by atoms with Gasteiger partial charge in [-0.3, -0.25) is 4.79 Å². The van der Waals surface area contributed by atoms with E-state index in [-0.39, 0.29) is 30.1 Å². The maximum atomic E-state index is 12.1. The molecule has 1 N–H and O–H groups in total. The van der Waals surface area contributed by atoms with Gasteiger partial charge in [0.25, 0.3) is 0 Å². The third-order valence-corrected chi connectivity index (χ3v) is 4.42. The fraction of sp³-hybridized carbons (Fsp3) is 0.591. The van der Waals surface area contributed by atoms with Crippen molar-refractivity contribution >= 4 is 18.5 Å². The van der Waals surface area contributed by atoms with Gasteiger partial charge in [-0.1, -0.05) is 53.7 Å². The van der Waals surface area contributed by atoms with E-state index in [0.29, 0.717) is 24.7 Å². The quantitative estimate of drug-likeness (QED) is 0.548. The van der Waals surface area contributed by atoms with Gasteiger partial charge in [-0.05, 0) is 33.9 Å². The molecule has 27 heavy (non-hydrogen) atoms. The molecule has 0 unspecified atom stereocenters. The largest absolute Gasteiger partial charge is 0.507 e. The number of hydrogen-bond donors (Lipinski definition) is 1. The molecule has 0 fully saturated rings. The molecule has 1 aromatic rings. The van der Waals surface area contributed by atoms with Crippen LogP contribution in [0.3, 0.4) is 0 Å². The lowest BCUT2D eigenvalue weighted by Crippen LogP contribution is -2.20. The van der Waals surface area contributed by atoms with Crippen molar-refractivity contribution in [2.45, 2.75) is 84.2 Å². The average molecular weight is 376 g/mol. The molecule has 1 rings (SSSR count). The number of aromatic hydroxyl groups is 1. The van der Waals surface area contributed by atoms with E-state index in [2.05, 4.69) is 0 Å². The Morgan fingerprint density at radius 2 is 1.44 bits per heavy atom. The maximum Gasteiger partial charge on any atom is 0.306 e. The summed E-state index contributed by atoms with van der Waals surface area (Å²) in [5.41, 5.74) is 2.16. The predicted molar refractivity (Wildman–Crippen MR) is 105 cm³/mol. The van der Waals surface area contributed by atoms with Crippen molar-refractivity contribution in [1.29, 1.82) is 0 Å². The number of esters is 1. The van der Waals surface area contributed by atoms with Gasteiger partial charge in [0.05, 0.1) is 0 Å². The number of hydrogen-bond acceptors (Lipinski definition) is 5. The van der Waals surface area contributed by atoms with Crippen molar-refractivity contribution in [3.8, 4) is 5.75 Å². The van der Waals surface area contributed by atoms with Crippen molar-refractivity contribution in [2.75, 3.05) is 0 Å². The molecular weight excluding hydrogens is 344 g/mol. The van der Waals surface area contributed by atoms with Crippen LogP contribution >= 0.6 is 0 Å². The van der Waals surface area contributed by atoms with E-state index in [1.165, 1.54) is 0 Å². The highest BCUT2D eigenvalue weighted by Crippen LogP contribution is 2.40. The van der Waals surface area contributed by atoms with Crippen LogP contribution in [0.5, 0.6) is 5.75 Å². The number of aryl methyl sites for hydroxylation is 1. The highest BCUT2D eigenvalue weighted by molar-refractivity contribution is 5.71. The van der Waals surface area contributed by atoms with E-state index in [9.17, 15) is 19.5 Å². The van der Waals surface area contributed by atoms with E-state index in [1.54, 1.807) is 0 Å². The number of phenolic OH excluding ortho intramolecular Hbond substituents is 1. The van der Waals surface area contributed by atoms with Crippen LogP contribution in [0.25, 0.3) is 0 Å². The molecule has 0 amide bonds. The summed E-state index contributed by atoms with van der Waals surface area (Å²) in [6, 6.07) is 3.87. The van der Waals surface area contributed by atoms with Crippen molar-refractivity contribution in [1.82, 2.24) is 0 Å². The van der Waals surface area contributed by atoms with Crippen LogP contribution in [0.15, 0.2) is 12.1 Å². The minimum Gasteiger partial charge on any atom is -0.507 e. The van der Waals surface area contributed by atoms with Crippen molar-refractivity contribution in [3.63, 3.8) is 0 Å². The Morgan fingerprint density at radius 3 is 1.81 bits per heavy atom. The van der Waals surface area contributed by atoms with Gasteiger partial charge in [0.1, 0.15) is 24.4 Å².